The average Bonchev–Trinajstić information content (AvgIpc) is 4.15. The monoisotopic (exact) mass is 854 g/mol. The molecule has 3 aliphatic heterocycles. The second-order valence-corrected chi connectivity index (χ2v) is 17.3. The smallest absolute Gasteiger partial charge is 0.407 e. The minimum Gasteiger partial charge on any atom is -0.453 e. The quantitative estimate of drug-likeness (QED) is 0.107. The number of aromatic amines is 2. The number of carbonyl (C=O) groups excluding carboxylic acids is 4. The van der Waals surface area contributed by atoms with Crippen LogP contribution in [0.25, 0.3) is 55.1 Å². The van der Waals surface area contributed by atoms with E-state index in [2.05, 4.69) is 81.3 Å². The lowest BCUT2D eigenvalue weighted by molar-refractivity contribution is -0.137. The number of amides is 4. The molecule has 0 aliphatic carbocycles. The molecule has 0 spiro atoms. The van der Waals surface area contributed by atoms with Crippen LogP contribution in [0.2, 0.25) is 0 Å². The predicted molar refractivity (Wildman–Crippen MR) is 239 cm³/mol. The van der Waals surface area contributed by atoms with Crippen LogP contribution in [0.15, 0.2) is 72.8 Å². The first-order valence-corrected chi connectivity index (χ1v) is 22.0. The molecular formula is C48H54N8O7. The molecule has 6 aromatic rings. The highest BCUT2D eigenvalue weighted by Crippen LogP contribution is 2.37. The number of carbonyl (C=O) groups is 4. The lowest BCUT2D eigenvalue weighted by Gasteiger charge is -2.34. The summed E-state index contributed by atoms with van der Waals surface area (Å²) in [5, 5.41) is 7.76. The van der Waals surface area contributed by atoms with Crippen LogP contribution >= 0.6 is 0 Å². The van der Waals surface area contributed by atoms with Crippen molar-refractivity contribution in [1.82, 2.24) is 40.4 Å². The zero-order valence-electron chi connectivity index (χ0n) is 36.1. The van der Waals surface area contributed by atoms with E-state index < -0.39 is 24.3 Å². The van der Waals surface area contributed by atoms with Crippen LogP contribution < -0.4 is 10.6 Å². The maximum Gasteiger partial charge on any atom is 0.407 e. The molecule has 0 radical (unpaired) electrons. The number of alkyl carbamates (subject to hydrolysis) is 2. The van der Waals surface area contributed by atoms with Crippen molar-refractivity contribution < 1.29 is 33.4 Å². The van der Waals surface area contributed by atoms with Crippen molar-refractivity contribution in [3.8, 4) is 22.3 Å². The normalized spacial score (nSPS) is 19.2. The molecule has 4 unspecified atom stereocenters. The standard InChI is InChI=1S/C48H54N8O7/c1-27(2)41(53-47(59)61-3)45(57)55-19-5-7-39(55)43-49-35-15-13-33(25-37(35)51-43)31-11-9-30-24-32(12-10-29(30)23-31)34-14-16-36-38(26-34)52-44(50-36)40-8-6-20-56(40)46(58)42(54-48(60)62-4)28-17-21-63-22-18-28/h9-16,23-28,39-42H,5-8,17-22H2,1-4H3,(H,49,51)(H,50,52)(H,53,59)(H,54,60). The van der Waals surface area contributed by atoms with Gasteiger partial charge in [0.15, 0.2) is 0 Å². The molecule has 0 bridgehead atoms. The van der Waals surface area contributed by atoms with Crippen LogP contribution in [0.1, 0.15) is 76.1 Å². The third-order valence-corrected chi connectivity index (χ3v) is 13.1. The fraction of sp³-hybridized carbons (Fsp3) is 0.417. The topological polar surface area (TPSA) is 184 Å². The van der Waals surface area contributed by atoms with Crippen LogP contribution in [-0.4, -0.2) is 106 Å². The summed E-state index contributed by atoms with van der Waals surface area (Å²) >= 11 is 0. The van der Waals surface area contributed by atoms with Gasteiger partial charge in [0.1, 0.15) is 23.7 Å². The van der Waals surface area contributed by atoms with E-state index in [0.29, 0.717) is 39.1 Å². The second kappa shape index (κ2) is 17.7. The molecule has 0 saturated carbocycles. The maximum atomic E-state index is 14.1. The van der Waals surface area contributed by atoms with Gasteiger partial charge < -0.3 is 44.6 Å². The molecule has 3 aliphatic rings. The number of aromatic nitrogens is 4. The summed E-state index contributed by atoms with van der Waals surface area (Å²) in [6.07, 6.45) is 3.40. The van der Waals surface area contributed by atoms with Crippen molar-refractivity contribution in [2.75, 3.05) is 40.5 Å². The van der Waals surface area contributed by atoms with E-state index in [-0.39, 0.29) is 35.7 Å². The Kier molecular flexibility index (Phi) is 11.8. The molecule has 15 heteroatoms. The average molecular weight is 855 g/mol. The van der Waals surface area contributed by atoms with Crippen molar-refractivity contribution in [1.29, 1.82) is 0 Å². The summed E-state index contributed by atoms with van der Waals surface area (Å²) in [6.45, 7) is 6.12. The molecule has 3 saturated heterocycles. The first-order valence-electron chi connectivity index (χ1n) is 22.0. The number of H-pyrrole nitrogens is 2. The maximum absolute atomic E-state index is 14.1. The first kappa shape index (κ1) is 41.9. The third kappa shape index (κ3) is 8.41. The summed E-state index contributed by atoms with van der Waals surface area (Å²) in [5.74, 6) is 1.10. The van der Waals surface area contributed by atoms with Crippen LogP contribution in [0.5, 0.6) is 0 Å². The molecule has 328 valence electrons. The highest BCUT2D eigenvalue weighted by atomic mass is 16.5. The van der Waals surface area contributed by atoms with Crippen LogP contribution in [-0.2, 0) is 23.8 Å². The first-order chi connectivity index (χ1) is 30.6. The van der Waals surface area contributed by atoms with Gasteiger partial charge in [-0.1, -0.05) is 50.2 Å². The Hall–Kier alpha value is -6.48. The van der Waals surface area contributed by atoms with Crippen molar-refractivity contribution in [2.45, 2.75) is 76.5 Å². The highest BCUT2D eigenvalue weighted by molar-refractivity contribution is 5.93. The fourth-order valence-electron chi connectivity index (χ4n) is 9.64. The summed E-state index contributed by atoms with van der Waals surface area (Å²) in [6, 6.07) is 23.5. The Morgan fingerprint density at radius 2 is 1.13 bits per heavy atom. The molecule has 63 heavy (non-hydrogen) atoms. The highest BCUT2D eigenvalue weighted by Gasteiger charge is 2.41. The Morgan fingerprint density at radius 1 is 0.651 bits per heavy atom. The van der Waals surface area contributed by atoms with Gasteiger partial charge in [0.05, 0.1) is 48.4 Å². The van der Waals surface area contributed by atoms with E-state index >= 15 is 0 Å². The number of ether oxygens (including phenoxy) is 3. The molecule has 4 N–H and O–H groups in total. The Morgan fingerprint density at radius 3 is 1.63 bits per heavy atom. The molecule has 15 nitrogen and oxygen atoms in total. The number of methoxy groups -OCH3 is 2. The number of benzene rings is 4. The van der Waals surface area contributed by atoms with Crippen molar-refractivity contribution in [2.24, 2.45) is 11.8 Å². The molecule has 2 aromatic heterocycles. The number of nitrogens with zero attached hydrogens (tertiary/aromatic N) is 4. The van der Waals surface area contributed by atoms with E-state index in [1.54, 1.807) is 0 Å². The van der Waals surface area contributed by atoms with E-state index in [4.69, 9.17) is 24.2 Å². The number of fused-ring (bicyclic) bond motifs is 3. The number of hydrogen-bond donors (Lipinski definition) is 4. The number of likely N-dealkylation sites (tertiary alicyclic amines) is 2. The molecule has 4 aromatic carbocycles. The Balaban J connectivity index is 0.914. The van der Waals surface area contributed by atoms with Crippen LogP contribution in [0, 0.1) is 11.8 Å². The fourth-order valence-corrected chi connectivity index (χ4v) is 9.64. The van der Waals surface area contributed by atoms with Gasteiger partial charge >= 0.3 is 12.2 Å². The summed E-state index contributed by atoms with van der Waals surface area (Å²) in [4.78, 5) is 72.7. The minimum absolute atomic E-state index is 0.0307. The zero-order valence-corrected chi connectivity index (χ0v) is 36.1. The van der Waals surface area contributed by atoms with E-state index in [0.717, 1.165) is 92.4 Å². The third-order valence-electron chi connectivity index (χ3n) is 13.1. The van der Waals surface area contributed by atoms with Gasteiger partial charge in [-0.25, -0.2) is 19.6 Å². The summed E-state index contributed by atoms with van der Waals surface area (Å²) < 4.78 is 15.2. The molecule has 9 rings (SSSR count). The minimum atomic E-state index is -0.694. The van der Waals surface area contributed by atoms with Gasteiger partial charge in [0.25, 0.3) is 0 Å². The van der Waals surface area contributed by atoms with Gasteiger partial charge in [-0.3, -0.25) is 9.59 Å². The van der Waals surface area contributed by atoms with Gasteiger partial charge in [0.2, 0.25) is 11.8 Å². The zero-order chi connectivity index (χ0) is 43.8. The Labute approximate surface area is 365 Å². The van der Waals surface area contributed by atoms with Gasteiger partial charge in [-0.05, 0) is 120 Å². The van der Waals surface area contributed by atoms with Crippen molar-refractivity contribution >= 4 is 56.8 Å². The molecular weight excluding hydrogens is 801 g/mol. The van der Waals surface area contributed by atoms with E-state index in [1.165, 1.54) is 14.2 Å². The largest absolute Gasteiger partial charge is 0.453 e. The van der Waals surface area contributed by atoms with Gasteiger partial charge in [-0.2, -0.15) is 0 Å². The summed E-state index contributed by atoms with van der Waals surface area (Å²) in [5.41, 5.74) is 7.69. The lowest BCUT2D eigenvalue weighted by Crippen LogP contribution is -2.53. The number of hydrogen-bond acceptors (Lipinski definition) is 9. The molecule has 4 atom stereocenters. The molecule has 5 heterocycles. The predicted octanol–water partition coefficient (Wildman–Crippen LogP) is 7.79. The van der Waals surface area contributed by atoms with Crippen LogP contribution in [0.4, 0.5) is 9.59 Å². The van der Waals surface area contributed by atoms with Gasteiger partial charge in [0, 0.05) is 26.3 Å². The summed E-state index contributed by atoms with van der Waals surface area (Å²) in [7, 11) is 2.61. The molecule has 4 amide bonds. The SMILES string of the molecule is COC(=O)NC(C(=O)N1CCCC1c1nc2ccc(-c3ccc4cc(-c5ccc6nc(C7CCCN7C(=O)C(NC(=O)OC)C7CCOCC7)[nH]c6c5)ccc4c3)cc2[nH]1)C(C)C. The number of rotatable bonds is 10. The van der Waals surface area contributed by atoms with E-state index in [9.17, 15) is 19.2 Å². The Bertz CT molecular complexity index is 2690. The lowest BCUT2D eigenvalue weighted by atomic mass is 9.90. The van der Waals surface area contributed by atoms with Crippen molar-refractivity contribution in [3.05, 3.63) is 84.4 Å². The van der Waals surface area contributed by atoms with Crippen molar-refractivity contribution in [3.63, 3.8) is 0 Å². The number of imidazole rings is 2. The van der Waals surface area contributed by atoms with E-state index in [1.807, 2.05) is 35.8 Å². The van der Waals surface area contributed by atoms with Crippen LogP contribution in [0.3, 0.4) is 0 Å². The molecule has 3 fully saturated rings. The van der Waals surface area contributed by atoms with Gasteiger partial charge in [-0.15, -0.1) is 0 Å². The second-order valence-electron chi connectivity index (χ2n) is 17.3. The number of nitrogens with one attached hydrogen (secondary N) is 4.